The van der Waals surface area contributed by atoms with Crippen LogP contribution in [0.25, 0.3) is 0 Å². The van der Waals surface area contributed by atoms with Gasteiger partial charge < -0.3 is 5.32 Å². The highest BCUT2D eigenvalue weighted by molar-refractivity contribution is 7.89. The fraction of sp³-hybridized carbons (Fsp3) is 0.348. The summed E-state index contributed by atoms with van der Waals surface area (Å²) in [7, 11) is -3.59. The van der Waals surface area contributed by atoms with E-state index in [2.05, 4.69) is 10.7 Å². The van der Waals surface area contributed by atoms with E-state index in [1.807, 2.05) is 30.3 Å². The van der Waals surface area contributed by atoms with E-state index in [0.29, 0.717) is 30.9 Å². The van der Waals surface area contributed by atoms with E-state index in [0.717, 1.165) is 18.4 Å². The summed E-state index contributed by atoms with van der Waals surface area (Å²) in [5.41, 5.74) is 2.36. The molecule has 0 spiro atoms. The van der Waals surface area contributed by atoms with E-state index >= 15 is 0 Å². The van der Waals surface area contributed by atoms with Crippen LogP contribution in [0, 0.1) is 0 Å². The molecule has 9 nitrogen and oxygen atoms in total. The predicted octanol–water partition coefficient (Wildman–Crippen LogP) is 2.06. The molecule has 2 fully saturated rings. The number of sulfonamides is 1. The summed E-state index contributed by atoms with van der Waals surface area (Å²) in [5.74, 6) is -1.24. The van der Waals surface area contributed by atoms with Gasteiger partial charge in [-0.2, -0.15) is 9.31 Å². The number of benzene rings is 2. The maximum atomic E-state index is 12.9. The molecule has 2 aliphatic rings. The van der Waals surface area contributed by atoms with Gasteiger partial charge in [-0.3, -0.25) is 15.0 Å². The molecule has 0 aliphatic carbocycles. The Kier molecular flexibility index (Phi) is 6.22. The molecule has 33 heavy (non-hydrogen) atoms. The summed E-state index contributed by atoms with van der Waals surface area (Å²) < 4.78 is 26.7. The number of hydrazine groups is 1. The summed E-state index contributed by atoms with van der Waals surface area (Å²) >= 11 is 0. The SMILES string of the molecule is C[C@@]1(CCc2ccccc2)NC(=O)N(NC(=O)c2ccc(S(=O)(=O)N3CCCC3)cc2)C1=O. The molecule has 4 rings (SSSR count). The van der Waals surface area contributed by atoms with Gasteiger partial charge in [0.25, 0.3) is 11.8 Å². The number of amides is 4. The number of nitrogens with one attached hydrogen (secondary N) is 2. The van der Waals surface area contributed by atoms with Crippen LogP contribution in [0.2, 0.25) is 0 Å². The van der Waals surface area contributed by atoms with Crippen molar-refractivity contribution in [2.24, 2.45) is 0 Å². The second-order valence-electron chi connectivity index (χ2n) is 8.46. The lowest BCUT2D eigenvalue weighted by Crippen LogP contribution is -2.48. The molecule has 174 valence electrons. The molecule has 4 amide bonds. The van der Waals surface area contributed by atoms with Crippen molar-refractivity contribution in [3.05, 3.63) is 65.7 Å². The molecule has 2 aromatic carbocycles. The summed E-state index contributed by atoms with van der Waals surface area (Å²) in [4.78, 5) is 38.1. The van der Waals surface area contributed by atoms with Crippen LogP contribution in [-0.2, 0) is 21.2 Å². The fourth-order valence-corrected chi connectivity index (χ4v) is 5.53. The van der Waals surface area contributed by atoms with Gasteiger partial charge in [0, 0.05) is 18.7 Å². The van der Waals surface area contributed by atoms with Crippen molar-refractivity contribution in [1.29, 1.82) is 0 Å². The van der Waals surface area contributed by atoms with Crippen LogP contribution in [0.5, 0.6) is 0 Å². The van der Waals surface area contributed by atoms with Crippen LogP contribution >= 0.6 is 0 Å². The van der Waals surface area contributed by atoms with E-state index in [1.165, 1.54) is 28.6 Å². The minimum absolute atomic E-state index is 0.101. The summed E-state index contributed by atoms with van der Waals surface area (Å²) in [6.07, 6.45) is 2.61. The third-order valence-corrected chi connectivity index (χ3v) is 7.96. The third kappa shape index (κ3) is 4.62. The molecule has 2 heterocycles. The third-order valence-electron chi connectivity index (χ3n) is 6.05. The highest BCUT2D eigenvalue weighted by Crippen LogP contribution is 2.23. The number of rotatable bonds is 7. The van der Waals surface area contributed by atoms with Crippen LogP contribution in [-0.4, -0.2) is 54.2 Å². The number of imide groups is 1. The standard InChI is InChI=1S/C23H26N4O5S/c1-23(14-13-17-7-3-2-4-8-17)21(29)27(22(30)24-23)25-20(28)18-9-11-19(12-10-18)33(31,32)26-15-5-6-16-26/h2-4,7-12H,5-6,13-16H2,1H3,(H,24,30)(H,25,28)/t23-/m0/s1. The normalized spacial score (nSPS) is 21.3. The maximum Gasteiger partial charge on any atom is 0.344 e. The second kappa shape index (κ2) is 8.95. The van der Waals surface area contributed by atoms with E-state index in [9.17, 15) is 22.8 Å². The fourth-order valence-electron chi connectivity index (χ4n) is 4.02. The van der Waals surface area contributed by atoms with Gasteiger partial charge in [0.1, 0.15) is 5.54 Å². The molecule has 0 bridgehead atoms. The number of urea groups is 1. The van der Waals surface area contributed by atoms with Crippen LogP contribution < -0.4 is 10.7 Å². The average Bonchev–Trinajstić information content (AvgIpc) is 3.43. The Labute approximate surface area is 192 Å². The first kappa shape index (κ1) is 22.9. The zero-order chi connectivity index (χ0) is 23.6. The zero-order valence-corrected chi connectivity index (χ0v) is 19.1. The number of carbonyl (C=O) groups excluding carboxylic acids is 3. The van der Waals surface area contributed by atoms with Crippen molar-refractivity contribution in [1.82, 2.24) is 20.1 Å². The second-order valence-corrected chi connectivity index (χ2v) is 10.4. The molecule has 2 saturated heterocycles. The smallest absolute Gasteiger partial charge is 0.322 e. The molecule has 0 radical (unpaired) electrons. The molecule has 1 atom stereocenters. The monoisotopic (exact) mass is 470 g/mol. The molecule has 0 aromatic heterocycles. The van der Waals surface area contributed by atoms with Crippen LogP contribution in [0.4, 0.5) is 4.79 Å². The van der Waals surface area contributed by atoms with Gasteiger partial charge in [0.05, 0.1) is 4.90 Å². The summed E-state index contributed by atoms with van der Waals surface area (Å²) in [6.45, 7) is 2.60. The predicted molar refractivity (Wildman–Crippen MR) is 120 cm³/mol. The van der Waals surface area contributed by atoms with Gasteiger partial charge in [-0.25, -0.2) is 13.2 Å². The number of nitrogens with zero attached hydrogens (tertiary/aromatic N) is 2. The Bertz CT molecular complexity index is 1160. The zero-order valence-electron chi connectivity index (χ0n) is 18.3. The highest BCUT2D eigenvalue weighted by atomic mass is 32.2. The van der Waals surface area contributed by atoms with Gasteiger partial charge in [0.15, 0.2) is 0 Å². The van der Waals surface area contributed by atoms with Crippen LogP contribution in [0.3, 0.4) is 0 Å². The Morgan fingerprint density at radius 3 is 2.30 bits per heavy atom. The van der Waals surface area contributed by atoms with Gasteiger partial charge >= 0.3 is 6.03 Å². The van der Waals surface area contributed by atoms with Crippen molar-refractivity contribution >= 4 is 27.9 Å². The minimum atomic E-state index is -3.59. The Morgan fingerprint density at radius 1 is 1.03 bits per heavy atom. The molecule has 2 aromatic rings. The highest BCUT2D eigenvalue weighted by Gasteiger charge is 2.48. The first-order valence-electron chi connectivity index (χ1n) is 10.8. The van der Waals surface area contributed by atoms with Crippen molar-refractivity contribution in [3.63, 3.8) is 0 Å². The molecular weight excluding hydrogens is 444 g/mol. The van der Waals surface area contributed by atoms with Crippen molar-refractivity contribution in [3.8, 4) is 0 Å². The first-order valence-corrected chi connectivity index (χ1v) is 12.3. The van der Waals surface area contributed by atoms with Crippen molar-refractivity contribution < 1.29 is 22.8 Å². The van der Waals surface area contributed by atoms with Gasteiger partial charge in [0.2, 0.25) is 10.0 Å². The van der Waals surface area contributed by atoms with E-state index in [-0.39, 0.29) is 10.5 Å². The largest absolute Gasteiger partial charge is 0.344 e. The molecule has 0 unspecified atom stereocenters. The van der Waals surface area contributed by atoms with Gasteiger partial charge in [-0.15, -0.1) is 0 Å². The molecular formula is C23H26N4O5S. The molecule has 2 N–H and O–H groups in total. The molecule has 10 heteroatoms. The van der Waals surface area contributed by atoms with Crippen molar-refractivity contribution in [2.45, 2.75) is 43.0 Å². The van der Waals surface area contributed by atoms with E-state index in [1.54, 1.807) is 6.92 Å². The summed E-state index contributed by atoms with van der Waals surface area (Å²) in [5, 5.41) is 3.34. The lowest BCUT2D eigenvalue weighted by atomic mass is 9.93. The number of carbonyl (C=O) groups is 3. The van der Waals surface area contributed by atoms with Crippen LogP contribution in [0.15, 0.2) is 59.5 Å². The minimum Gasteiger partial charge on any atom is -0.322 e. The maximum absolute atomic E-state index is 12.9. The van der Waals surface area contributed by atoms with E-state index in [4.69, 9.17) is 0 Å². The van der Waals surface area contributed by atoms with E-state index < -0.39 is 33.4 Å². The lowest BCUT2D eigenvalue weighted by Gasteiger charge is -2.21. The van der Waals surface area contributed by atoms with Gasteiger partial charge in [-0.1, -0.05) is 30.3 Å². The first-order chi connectivity index (χ1) is 15.7. The van der Waals surface area contributed by atoms with Crippen LogP contribution in [0.1, 0.15) is 42.1 Å². The number of hydrogen-bond acceptors (Lipinski definition) is 5. The molecule has 2 aliphatic heterocycles. The topological polar surface area (TPSA) is 116 Å². The Hall–Kier alpha value is -3.24. The Morgan fingerprint density at radius 2 is 1.67 bits per heavy atom. The summed E-state index contributed by atoms with van der Waals surface area (Å²) in [6, 6.07) is 14.3. The average molecular weight is 471 g/mol. The molecule has 0 saturated carbocycles. The lowest BCUT2D eigenvalue weighted by molar-refractivity contribution is -0.132. The van der Waals surface area contributed by atoms with Crippen molar-refractivity contribution in [2.75, 3.05) is 13.1 Å². The number of aryl methyl sites for hydroxylation is 1. The van der Waals surface area contributed by atoms with Gasteiger partial charge in [-0.05, 0) is 62.4 Å². The Balaban J connectivity index is 1.41. The quantitative estimate of drug-likeness (QED) is 0.601. The number of hydrogen-bond donors (Lipinski definition) is 2.